The standard InChI is InChI=1S/C13H13F4NO3/c14-10-7(3-1-5-9(10)21-13(15,16)17)12(18)6-2-4-8(19)11(12)20/h1,3,5,8,19H,2,4,6,18H2/t8-,12-/m0/s1. The van der Waals surface area contributed by atoms with Gasteiger partial charge in [0, 0.05) is 5.56 Å². The molecule has 0 radical (unpaired) electrons. The van der Waals surface area contributed by atoms with E-state index in [1.807, 2.05) is 0 Å². The van der Waals surface area contributed by atoms with Gasteiger partial charge >= 0.3 is 6.36 Å². The maximum absolute atomic E-state index is 14.2. The Labute approximate surface area is 117 Å². The van der Waals surface area contributed by atoms with E-state index in [4.69, 9.17) is 5.73 Å². The highest BCUT2D eigenvalue weighted by molar-refractivity contribution is 5.93. The number of carbonyl (C=O) groups is 1. The summed E-state index contributed by atoms with van der Waals surface area (Å²) in [6.07, 6.45) is -5.83. The van der Waals surface area contributed by atoms with Crippen molar-refractivity contribution in [3.8, 4) is 5.75 Å². The van der Waals surface area contributed by atoms with Crippen LogP contribution in [0, 0.1) is 5.82 Å². The number of hydrogen-bond donors (Lipinski definition) is 2. The van der Waals surface area contributed by atoms with Gasteiger partial charge in [-0.3, -0.25) is 4.79 Å². The first kappa shape index (κ1) is 15.7. The van der Waals surface area contributed by atoms with Crippen LogP contribution in [0.15, 0.2) is 18.2 Å². The number of carbonyl (C=O) groups excluding carboxylic acids is 1. The molecule has 0 bridgehead atoms. The molecule has 0 heterocycles. The number of halogens is 4. The van der Waals surface area contributed by atoms with Crippen molar-refractivity contribution < 1.29 is 32.2 Å². The van der Waals surface area contributed by atoms with Gasteiger partial charge in [-0.1, -0.05) is 12.1 Å². The van der Waals surface area contributed by atoms with Gasteiger partial charge in [0.05, 0.1) is 0 Å². The molecule has 0 aromatic heterocycles. The molecular weight excluding hydrogens is 294 g/mol. The molecule has 0 amide bonds. The molecule has 2 atom stereocenters. The van der Waals surface area contributed by atoms with Crippen LogP contribution in [-0.4, -0.2) is 23.4 Å². The number of Topliss-reactive ketones (excluding diaryl/α,β-unsaturated/α-hetero) is 1. The molecule has 0 saturated heterocycles. The third-order valence-electron chi connectivity index (χ3n) is 3.46. The maximum Gasteiger partial charge on any atom is 0.573 e. The second-order valence-corrected chi connectivity index (χ2v) is 4.91. The van der Waals surface area contributed by atoms with Crippen LogP contribution in [-0.2, 0) is 10.3 Å². The number of alkyl halides is 3. The Bertz CT molecular complexity index is 561. The number of nitrogens with two attached hydrogens (primary N) is 1. The number of ether oxygens (including phenoxy) is 1. The number of ketones is 1. The molecule has 8 heteroatoms. The Morgan fingerprint density at radius 1 is 1.38 bits per heavy atom. The fourth-order valence-corrected chi connectivity index (χ4v) is 2.45. The van der Waals surface area contributed by atoms with Gasteiger partial charge in [-0.15, -0.1) is 13.2 Å². The van der Waals surface area contributed by atoms with Gasteiger partial charge < -0.3 is 15.6 Å². The van der Waals surface area contributed by atoms with Gasteiger partial charge in [0.25, 0.3) is 0 Å². The van der Waals surface area contributed by atoms with Crippen LogP contribution in [0.2, 0.25) is 0 Å². The quantitative estimate of drug-likeness (QED) is 0.820. The van der Waals surface area contributed by atoms with Crippen molar-refractivity contribution in [1.82, 2.24) is 0 Å². The molecule has 1 fully saturated rings. The number of aliphatic hydroxyl groups excluding tert-OH is 1. The highest BCUT2D eigenvalue weighted by atomic mass is 19.4. The summed E-state index contributed by atoms with van der Waals surface area (Å²) < 4.78 is 54.4. The summed E-state index contributed by atoms with van der Waals surface area (Å²) in [5, 5.41) is 9.56. The molecule has 2 rings (SSSR count). The van der Waals surface area contributed by atoms with Crippen LogP contribution in [0.1, 0.15) is 24.8 Å². The normalized spacial score (nSPS) is 26.8. The third kappa shape index (κ3) is 3.01. The molecule has 0 aliphatic heterocycles. The Morgan fingerprint density at radius 3 is 2.67 bits per heavy atom. The van der Waals surface area contributed by atoms with Crippen LogP contribution >= 0.6 is 0 Å². The molecule has 0 spiro atoms. The minimum absolute atomic E-state index is 0.0370. The lowest BCUT2D eigenvalue weighted by atomic mass is 9.75. The zero-order chi connectivity index (χ0) is 15.8. The van der Waals surface area contributed by atoms with Crippen LogP contribution < -0.4 is 10.5 Å². The molecule has 1 aromatic carbocycles. The largest absolute Gasteiger partial charge is 0.573 e. The predicted molar refractivity (Wildman–Crippen MR) is 63.8 cm³/mol. The fourth-order valence-electron chi connectivity index (χ4n) is 2.45. The first-order valence-electron chi connectivity index (χ1n) is 6.21. The molecule has 0 unspecified atom stereocenters. The average Bonchev–Trinajstić information content (AvgIpc) is 2.37. The Morgan fingerprint density at radius 2 is 2.05 bits per heavy atom. The molecule has 1 aliphatic rings. The lowest BCUT2D eigenvalue weighted by molar-refractivity contribution is -0.275. The lowest BCUT2D eigenvalue weighted by Crippen LogP contribution is -2.53. The zero-order valence-electron chi connectivity index (χ0n) is 10.8. The van der Waals surface area contributed by atoms with Crippen molar-refractivity contribution in [3.63, 3.8) is 0 Å². The first-order valence-corrected chi connectivity index (χ1v) is 6.21. The minimum atomic E-state index is -5.06. The van der Waals surface area contributed by atoms with Crippen LogP contribution in [0.5, 0.6) is 5.75 Å². The summed E-state index contributed by atoms with van der Waals surface area (Å²) in [5.41, 5.74) is 3.60. The summed E-state index contributed by atoms with van der Waals surface area (Å²) in [4.78, 5) is 12.0. The lowest BCUT2D eigenvalue weighted by Gasteiger charge is -2.35. The fraction of sp³-hybridized carbons (Fsp3) is 0.462. The second-order valence-electron chi connectivity index (χ2n) is 4.91. The van der Waals surface area contributed by atoms with E-state index in [1.54, 1.807) is 0 Å². The molecule has 21 heavy (non-hydrogen) atoms. The van der Waals surface area contributed by atoms with E-state index >= 15 is 0 Å². The van der Waals surface area contributed by atoms with E-state index in [9.17, 15) is 27.5 Å². The van der Waals surface area contributed by atoms with Gasteiger partial charge in [-0.05, 0) is 25.3 Å². The third-order valence-corrected chi connectivity index (χ3v) is 3.46. The van der Waals surface area contributed by atoms with E-state index in [0.29, 0.717) is 6.42 Å². The van der Waals surface area contributed by atoms with Gasteiger partial charge in [-0.2, -0.15) is 0 Å². The molecule has 1 aromatic rings. The molecule has 116 valence electrons. The zero-order valence-corrected chi connectivity index (χ0v) is 10.8. The Hall–Kier alpha value is -1.67. The summed E-state index contributed by atoms with van der Waals surface area (Å²) in [6.45, 7) is 0. The van der Waals surface area contributed by atoms with E-state index < -0.39 is 40.9 Å². The maximum atomic E-state index is 14.2. The number of rotatable bonds is 2. The van der Waals surface area contributed by atoms with Gasteiger partial charge in [0.1, 0.15) is 11.6 Å². The minimum Gasteiger partial charge on any atom is -0.403 e. The van der Waals surface area contributed by atoms with Crippen LogP contribution in [0.3, 0.4) is 0 Å². The topological polar surface area (TPSA) is 72.6 Å². The highest BCUT2D eigenvalue weighted by Crippen LogP contribution is 2.37. The van der Waals surface area contributed by atoms with Crippen molar-refractivity contribution in [3.05, 3.63) is 29.6 Å². The van der Waals surface area contributed by atoms with E-state index in [2.05, 4.69) is 4.74 Å². The smallest absolute Gasteiger partial charge is 0.403 e. The second kappa shape index (κ2) is 5.27. The highest BCUT2D eigenvalue weighted by Gasteiger charge is 2.45. The van der Waals surface area contributed by atoms with E-state index in [1.165, 1.54) is 0 Å². The van der Waals surface area contributed by atoms with Crippen molar-refractivity contribution in [2.75, 3.05) is 0 Å². The van der Waals surface area contributed by atoms with Crippen LogP contribution in [0.4, 0.5) is 17.6 Å². The summed E-state index contributed by atoms with van der Waals surface area (Å²) in [6, 6.07) is 3.02. The van der Waals surface area contributed by atoms with Crippen molar-refractivity contribution in [2.45, 2.75) is 37.3 Å². The van der Waals surface area contributed by atoms with E-state index in [-0.39, 0.29) is 12.8 Å². The van der Waals surface area contributed by atoms with Crippen molar-refractivity contribution in [2.24, 2.45) is 5.73 Å². The predicted octanol–water partition coefficient (Wildman–Crippen LogP) is 1.99. The number of hydrogen-bond acceptors (Lipinski definition) is 4. The summed E-state index contributed by atoms with van der Waals surface area (Å²) >= 11 is 0. The number of aliphatic hydroxyl groups is 1. The first-order chi connectivity index (χ1) is 9.65. The monoisotopic (exact) mass is 307 g/mol. The molecule has 1 aliphatic carbocycles. The van der Waals surface area contributed by atoms with Gasteiger partial charge in [0.2, 0.25) is 0 Å². The molecule has 4 nitrogen and oxygen atoms in total. The molecule has 1 saturated carbocycles. The summed E-state index contributed by atoms with van der Waals surface area (Å²) in [5.74, 6) is -3.21. The average molecular weight is 307 g/mol. The Balaban J connectivity index is 2.44. The SMILES string of the molecule is N[C@]1(c2cccc(OC(F)(F)F)c2F)CCC[C@H](O)C1=O. The van der Waals surface area contributed by atoms with Gasteiger partial charge in [-0.25, -0.2) is 4.39 Å². The van der Waals surface area contributed by atoms with Crippen molar-refractivity contribution in [1.29, 1.82) is 0 Å². The Kier molecular flexibility index (Phi) is 3.94. The number of benzene rings is 1. The van der Waals surface area contributed by atoms with E-state index in [0.717, 1.165) is 18.2 Å². The van der Waals surface area contributed by atoms with Gasteiger partial charge in [0.15, 0.2) is 17.3 Å². The molecular formula is C13H13F4NO3. The summed E-state index contributed by atoms with van der Waals surface area (Å²) in [7, 11) is 0. The van der Waals surface area contributed by atoms with Crippen molar-refractivity contribution >= 4 is 5.78 Å². The molecule has 3 N–H and O–H groups in total. The van der Waals surface area contributed by atoms with Crippen LogP contribution in [0.25, 0.3) is 0 Å².